The molecule has 0 radical (unpaired) electrons. The average molecular weight is 270 g/mol. The van der Waals surface area contributed by atoms with E-state index in [0.717, 1.165) is 6.54 Å². The fraction of sp³-hybridized carbons (Fsp3) is 0.929. The topological polar surface area (TPSA) is 50.8 Å². The van der Waals surface area contributed by atoms with Gasteiger partial charge in [0.05, 0.1) is 0 Å². The smallest absolute Gasteiger partial charge is 0.224 e. The van der Waals surface area contributed by atoms with Gasteiger partial charge in [0, 0.05) is 39.8 Å². The van der Waals surface area contributed by atoms with E-state index in [1.165, 1.54) is 12.8 Å². The summed E-state index contributed by atoms with van der Waals surface area (Å²) in [5.41, 5.74) is 0. The van der Waals surface area contributed by atoms with Crippen molar-refractivity contribution in [2.24, 2.45) is 5.92 Å². The molecule has 5 heteroatoms. The highest BCUT2D eigenvalue weighted by atomic mass is 16.5. The number of likely N-dealkylation sites (tertiary alicyclic amines) is 1. The van der Waals surface area contributed by atoms with Crippen molar-refractivity contribution in [1.82, 2.24) is 10.2 Å². The van der Waals surface area contributed by atoms with Crippen LogP contribution in [0, 0.1) is 5.92 Å². The molecule has 0 saturated carbocycles. The third-order valence-electron chi connectivity index (χ3n) is 4.50. The van der Waals surface area contributed by atoms with Crippen molar-refractivity contribution in [3.63, 3.8) is 0 Å². The molecular weight excluding hydrogens is 244 g/mol. The van der Waals surface area contributed by atoms with Gasteiger partial charge in [-0.25, -0.2) is 0 Å². The molecule has 5 nitrogen and oxygen atoms in total. The molecule has 2 aliphatic rings. The molecule has 2 saturated heterocycles. The monoisotopic (exact) mass is 270 g/mol. The summed E-state index contributed by atoms with van der Waals surface area (Å²) in [4.78, 5) is 14.2. The maximum absolute atomic E-state index is 12.4. The first-order valence-corrected chi connectivity index (χ1v) is 7.22. The first kappa shape index (κ1) is 14.8. The Morgan fingerprint density at radius 2 is 1.89 bits per heavy atom. The lowest BCUT2D eigenvalue weighted by Crippen LogP contribution is -2.44. The first-order valence-electron chi connectivity index (χ1n) is 7.22. The molecule has 0 aromatic carbocycles. The molecule has 110 valence electrons. The summed E-state index contributed by atoms with van der Waals surface area (Å²) in [6.45, 7) is 4.55. The second kappa shape index (κ2) is 6.68. The van der Waals surface area contributed by atoms with Crippen molar-refractivity contribution in [2.75, 3.05) is 33.9 Å². The van der Waals surface area contributed by atoms with E-state index in [1.807, 2.05) is 4.90 Å². The minimum atomic E-state index is 0.00527. The first-order chi connectivity index (χ1) is 9.15. The van der Waals surface area contributed by atoms with Crippen LogP contribution in [0.4, 0.5) is 0 Å². The lowest BCUT2D eigenvalue weighted by atomic mass is 9.90. The fourth-order valence-corrected chi connectivity index (χ4v) is 3.10. The number of methoxy groups -OCH3 is 2. The number of nitrogens with one attached hydrogen (secondary N) is 1. The normalized spacial score (nSPS) is 35.6. The van der Waals surface area contributed by atoms with Crippen LogP contribution in [0.2, 0.25) is 0 Å². The minimum absolute atomic E-state index is 0.00527. The van der Waals surface area contributed by atoms with Crippen LogP contribution in [0.15, 0.2) is 0 Å². The van der Waals surface area contributed by atoms with Crippen molar-refractivity contribution in [3.05, 3.63) is 0 Å². The highest BCUT2D eigenvalue weighted by Gasteiger charge is 2.36. The average Bonchev–Trinajstić information content (AvgIpc) is 2.84. The SMILES string of the molecule is COC1CN(C(=O)CC2NCCCC2C)CC1OC. The quantitative estimate of drug-likeness (QED) is 0.814. The van der Waals surface area contributed by atoms with Crippen LogP contribution in [-0.4, -0.2) is 62.9 Å². The Kier molecular flexibility index (Phi) is 5.19. The Morgan fingerprint density at radius 1 is 1.26 bits per heavy atom. The third kappa shape index (κ3) is 3.46. The zero-order valence-corrected chi connectivity index (χ0v) is 12.2. The van der Waals surface area contributed by atoms with Crippen LogP contribution >= 0.6 is 0 Å². The molecular formula is C14H26N2O3. The second-order valence-corrected chi connectivity index (χ2v) is 5.73. The predicted octanol–water partition coefficient (Wildman–Crippen LogP) is 0.637. The van der Waals surface area contributed by atoms with Crippen molar-refractivity contribution in [3.8, 4) is 0 Å². The number of rotatable bonds is 4. The van der Waals surface area contributed by atoms with E-state index in [2.05, 4.69) is 12.2 Å². The lowest BCUT2D eigenvalue weighted by Gasteiger charge is -2.31. The summed E-state index contributed by atoms with van der Waals surface area (Å²) in [5.74, 6) is 0.796. The number of carbonyl (C=O) groups excluding carboxylic acids is 1. The second-order valence-electron chi connectivity index (χ2n) is 5.73. The van der Waals surface area contributed by atoms with Gasteiger partial charge < -0.3 is 19.7 Å². The van der Waals surface area contributed by atoms with Crippen LogP contribution in [0.5, 0.6) is 0 Å². The molecule has 0 aliphatic carbocycles. The maximum atomic E-state index is 12.4. The molecule has 4 unspecified atom stereocenters. The molecule has 19 heavy (non-hydrogen) atoms. The number of piperidine rings is 1. The molecule has 0 aromatic rings. The fourth-order valence-electron chi connectivity index (χ4n) is 3.10. The summed E-state index contributed by atoms with van der Waals surface area (Å²) in [5, 5.41) is 3.46. The van der Waals surface area contributed by atoms with Gasteiger partial charge in [0.25, 0.3) is 0 Å². The van der Waals surface area contributed by atoms with Gasteiger partial charge in [0.1, 0.15) is 12.2 Å². The van der Waals surface area contributed by atoms with Gasteiger partial charge in [-0.2, -0.15) is 0 Å². The van der Waals surface area contributed by atoms with Crippen LogP contribution in [0.1, 0.15) is 26.2 Å². The summed E-state index contributed by atoms with van der Waals surface area (Å²) in [6.07, 6.45) is 3.03. The molecule has 0 aromatic heterocycles. The Labute approximate surface area is 115 Å². The molecule has 1 N–H and O–H groups in total. The van der Waals surface area contributed by atoms with E-state index in [4.69, 9.17) is 9.47 Å². The Hall–Kier alpha value is -0.650. The van der Waals surface area contributed by atoms with Crippen LogP contribution in [0.3, 0.4) is 0 Å². The van der Waals surface area contributed by atoms with E-state index in [0.29, 0.717) is 31.5 Å². The highest BCUT2D eigenvalue weighted by Crippen LogP contribution is 2.21. The van der Waals surface area contributed by atoms with Crippen LogP contribution in [-0.2, 0) is 14.3 Å². The van der Waals surface area contributed by atoms with Crippen molar-refractivity contribution in [2.45, 2.75) is 44.4 Å². The molecule has 2 rings (SSSR count). The van der Waals surface area contributed by atoms with Crippen LogP contribution < -0.4 is 5.32 Å². The van der Waals surface area contributed by atoms with E-state index >= 15 is 0 Å². The number of hydrogen-bond donors (Lipinski definition) is 1. The van der Waals surface area contributed by atoms with E-state index in [-0.39, 0.29) is 18.1 Å². The molecule has 4 atom stereocenters. The van der Waals surface area contributed by atoms with Crippen molar-refractivity contribution < 1.29 is 14.3 Å². The van der Waals surface area contributed by atoms with Gasteiger partial charge in [-0.3, -0.25) is 4.79 Å². The number of nitrogens with zero attached hydrogens (tertiary/aromatic N) is 1. The Bertz CT molecular complexity index is 299. The summed E-state index contributed by atoms with van der Waals surface area (Å²) < 4.78 is 10.7. The van der Waals surface area contributed by atoms with Crippen molar-refractivity contribution >= 4 is 5.91 Å². The molecule has 1 amide bonds. The summed E-state index contributed by atoms with van der Waals surface area (Å²) in [7, 11) is 3.35. The predicted molar refractivity (Wildman–Crippen MR) is 73.0 cm³/mol. The van der Waals surface area contributed by atoms with E-state index in [1.54, 1.807) is 14.2 Å². The number of carbonyl (C=O) groups is 1. The van der Waals surface area contributed by atoms with Gasteiger partial charge in [0.2, 0.25) is 5.91 Å². The summed E-state index contributed by atoms with van der Waals surface area (Å²) in [6, 6.07) is 0.323. The van der Waals surface area contributed by atoms with Gasteiger partial charge >= 0.3 is 0 Å². The third-order valence-corrected chi connectivity index (χ3v) is 4.50. The maximum Gasteiger partial charge on any atom is 0.224 e. The zero-order chi connectivity index (χ0) is 13.8. The standard InChI is InChI=1S/C14H26N2O3/c1-10-5-4-6-15-11(10)7-14(17)16-8-12(18-2)13(9-16)19-3/h10-13,15H,4-9H2,1-3H3. The van der Waals surface area contributed by atoms with Gasteiger partial charge in [-0.1, -0.05) is 6.92 Å². The Balaban J connectivity index is 1.86. The molecule has 0 bridgehead atoms. The van der Waals surface area contributed by atoms with E-state index < -0.39 is 0 Å². The van der Waals surface area contributed by atoms with Gasteiger partial charge in [-0.05, 0) is 25.3 Å². The van der Waals surface area contributed by atoms with E-state index in [9.17, 15) is 4.79 Å². The number of hydrogen-bond acceptors (Lipinski definition) is 4. The summed E-state index contributed by atoms with van der Waals surface area (Å²) >= 11 is 0. The largest absolute Gasteiger partial charge is 0.377 e. The van der Waals surface area contributed by atoms with Crippen LogP contribution in [0.25, 0.3) is 0 Å². The van der Waals surface area contributed by atoms with Gasteiger partial charge in [0.15, 0.2) is 0 Å². The molecule has 2 aliphatic heterocycles. The van der Waals surface area contributed by atoms with Gasteiger partial charge in [-0.15, -0.1) is 0 Å². The minimum Gasteiger partial charge on any atom is -0.377 e. The number of ether oxygens (including phenoxy) is 2. The highest BCUT2D eigenvalue weighted by molar-refractivity contribution is 5.77. The molecule has 2 heterocycles. The lowest BCUT2D eigenvalue weighted by molar-refractivity contribution is -0.131. The zero-order valence-electron chi connectivity index (χ0n) is 12.2. The Morgan fingerprint density at radius 3 is 2.42 bits per heavy atom. The molecule has 0 spiro atoms. The van der Waals surface area contributed by atoms with Crippen molar-refractivity contribution in [1.29, 1.82) is 0 Å². The molecule has 2 fully saturated rings. The number of amides is 1.